The lowest BCUT2D eigenvalue weighted by molar-refractivity contribution is 0.441. The number of fused-ring (bicyclic) bond motifs is 2. The molecule has 0 fully saturated rings. The number of nitriles is 1. The van der Waals surface area contributed by atoms with Crippen LogP contribution in [0.3, 0.4) is 0 Å². The second-order valence-electron chi connectivity index (χ2n) is 6.48. The van der Waals surface area contributed by atoms with Crippen molar-refractivity contribution in [2.24, 2.45) is 7.05 Å². The third-order valence-corrected chi connectivity index (χ3v) is 4.82. The SMILES string of the molecule is Cn1nc(Oc2ccc(C#N)cn2)c2c(Cl)cc(Nc3n[nH]c4cccnc34)cc21. The van der Waals surface area contributed by atoms with E-state index in [0.29, 0.717) is 33.6 Å². The lowest BCUT2D eigenvalue weighted by atomic mass is 10.2. The number of nitrogens with one attached hydrogen (secondary N) is 2. The molecule has 0 radical (unpaired) electrons. The van der Waals surface area contributed by atoms with Gasteiger partial charge in [0.25, 0.3) is 0 Å². The minimum absolute atomic E-state index is 0.321. The molecule has 0 saturated carbocycles. The number of aryl methyl sites for hydroxylation is 1. The minimum Gasteiger partial charge on any atom is -0.418 e. The van der Waals surface area contributed by atoms with Gasteiger partial charge in [-0.3, -0.25) is 14.8 Å². The third kappa shape index (κ3) is 3.05. The van der Waals surface area contributed by atoms with Gasteiger partial charge in [0.1, 0.15) is 11.6 Å². The van der Waals surface area contributed by atoms with E-state index in [2.05, 4.69) is 30.6 Å². The summed E-state index contributed by atoms with van der Waals surface area (Å²) < 4.78 is 7.48. The van der Waals surface area contributed by atoms with Crippen molar-refractivity contribution in [3.8, 4) is 17.8 Å². The first-order valence-corrected chi connectivity index (χ1v) is 9.26. The highest BCUT2D eigenvalue weighted by Gasteiger charge is 2.17. The number of aromatic amines is 1. The normalized spacial score (nSPS) is 11.0. The van der Waals surface area contributed by atoms with Gasteiger partial charge >= 0.3 is 0 Å². The zero-order chi connectivity index (χ0) is 20.7. The van der Waals surface area contributed by atoms with E-state index in [1.165, 1.54) is 6.20 Å². The number of pyridine rings is 2. The van der Waals surface area contributed by atoms with Crippen LogP contribution < -0.4 is 10.1 Å². The van der Waals surface area contributed by atoms with E-state index in [-0.39, 0.29) is 0 Å². The Morgan fingerprint density at radius 2 is 2.13 bits per heavy atom. The Kier molecular flexibility index (Phi) is 4.19. The van der Waals surface area contributed by atoms with E-state index in [1.54, 1.807) is 36.1 Å². The van der Waals surface area contributed by atoms with Gasteiger partial charge in [0.2, 0.25) is 11.8 Å². The topological polar surface area (TPSA) is 117 Å². The Labute approximate surface area is 174 Å². The molecule has 5 rings (SSSR count). The molecule has 9 nitrogen and oxygen atoms in total. The molecular weight excluding hydrogens is 404 g/mol. The molecule has 0 spiro atoms. The zero-order valence-electron chi connectivity index (χ0n) is 15.6. The number of nitrogens with zero attached hydrogens (tertiary/aromatic N) is 6. The highest BCUT2D eigenvalue weighted by Crippen LogP contribution is 2.37. The van der Waals surface area contributed by atoms with Crippen LogP contribution in [0.2, 0.25) is 5.02 Å². The molecule has 0 atom stereocenters. The van der Waals surface area contributed by atoms with E-state index in [9.17, 15) is 0 Å². The zero-order valence-corrected chi connectivity index (χ0v) is 16.3. The summed E-state index contributed by atoms with van der Waals surface area (Å²) >= 11 is 6.57. The predicted molar refractivity (Wildman–Crippen MR) is 112 cm³/mol. The number of ether oxygens (including phenoxy) is 1. The van der Waals surface area contributed by atoms with Crippen LogP contribution in [0.25, 0.3) is 21.9 Å². The summed E-state index contributed by atoms with van der Waals surface area (Å²) in [7, 11) is 1.80. The van der Waals surface area contributed by atoms with Gasteiger partial charge in [0, 0.05) is 31.2 Å². The van der Waals surface area contributed by atoms with E-state index >= 15 is 0 Å². The predicted octanol–water partition coefficient (Wildman–Crippen LogP) is 4.30. The van der Waals surface area contributed by atoms with Crippen molar-refractivity contribution in [2.75, 3.05) is 5.32 Å². The van der Waals surface area contributed by atoms with Crippen molar-refractivity contribution < 1.29 is 4.74 Å². The van der Waals surface area contributed by atoms with Gasteiger partial charge in [-0.15, -0.1) is 5.10 Å². The summed E-state index contributed by atoms with van der Waals surface area (Å²) in [6.45, 7) is 0. The van der Waals surface area contributed by atoms with Crippen molar-refractivity contribution in [2.45, 2.75) is 0 Å². The molecular formula is C20H13ClN8O. The monoisotopic (exact) mass is 416 g/mol. The summed E-state index contributed by atoms with van der Waals surface area (Å²) in [5.74, 6) is 1.25. The van der Waals surface area contributed by atoms with Crippen LogP contribution in [0.15, 0.2) is 48.8 Å². The Balaban J connectivity index is 1.51. The van der Waals surface area contributed by atoms with Gasteiger partial charge in [0.05, 0.1) is 27.0 Å². The Hall–Kier alpha value is -4.16. The van der Waals surface area contributed by atoms with Gasteiger partial charge in [-0.25, -0.2) is 4.98 Å². The van der Waals surface area contributed by atoms with E-state index < -0.39 is 0 Å². The first-order chi connectivity index (χ1) is 14.6. The highest BCUT2D eigenvalue weighted by atomic mass is 35.5. The molecule has 10 heteroatoms. The van der Waals surface area contributed by atoms with Crippen molar-refractivity contribution in [1.29, 1.82) is 5.26 Å². The molecule has 5 aromatic rings. The van der Waals surface area contributed by atoms with Crippen LogP contribution >= 0.6 is 11.6 Å². The average molecular weight is 417 g/mol. The number of aromatic nitrogens is 6. The first kappa shape index (κ1) is 17.9. The van der Waals surface area contributed by atoms with Crippen LogP contribution in [0.1, 0.15) is 5.56 Å². The van der Waals surface area contributed by atoms with Gasteiger partial charge < -0.3 is 10.1 Å². The van der Waals surface area contributed by atoms with Crippen molar-refractivity contribution >= 4 is 45.0 Å². The largest absolute Gasteiger partial charge is 0.418 e. The molecule has 0 aliphatic heterocycles. The fraction of sp³-hybridized carbons (Fsp3) is 0.0500. The standard InChI is InChI=1S/C20H13ClN8O/c1-29-15-8-12(25-19-18-14(26-27-19)3-2-6-23-18)7-13(21)17(15)20(28-29)30-16-5-4-11(9-22)10-24-16/h2-8,10H,1H3,(H2,25,26,27). The molecule has 0 amide bonds. The molecule has 0 saturated heterocycles. The number of hydrogen-bond acceptors (Lipinski definition) is 7. The lowest BCUT2D eigenvalue weighted by Crippen LogP contribution is -1.94. The second-order valence-corrected chi connectivity index (χ2v) is 6.88. The Morgan fingerprint density at radius 1 is 1.23 bits per heavy atom. The molecule has 1 aromatic carbocycles. The fourth-order valence-corrected chi connectivity index (χ4v) is 3.42. The van der Waals surface area contributed by atoms with Crippen LogP contribution in [0, 0.1) is 11.3 Å². The summed E-state index contributed by atoms with van der Waals surface area (Å²) in [5, 5.41) is 24.9. The van der Waals surface area contributed by atoms with Crippen molar-refractivity contribution in [3.63, 3.8) is 0 Å². The number of H-pyrrole nitrogens is 1. The molecule has 146 valence electrons. The van der Waals surface area contributed by atoms with Gasteiger partial charge in [0.15, 0.2) is 5.82 Å². The van der Waals surface area contributed by atoms with Crippen LogP contribution in [-0.2, 0) is 7.05 Å². The highest BCUT2D eigenvalue weighted by molar-refractivity contribution is 6.36. The maximum Gasteiger partial charge on any atom is 0.249 e. The molecule has 0 aliphatic carbocycles. The Bertz CT molecular complexity index is 1430. The molecule has 4 aromatic heterocycles. The van der Waals surface area contributed by atoms with Gasteiger partial charge in [-0.1, -0.05) is 11.6 Å². The van der Waals surface area contributed by atoms with Crippen molar-refractivity contribution in [3.05, 3.63) is 59.4 Å². The third-order valence-electron chi connectivity index (χ3n) is 4.52. The maximum absolute atomic E-state index is 8.90. The number of anilines is 2. The average Bonchev–Trinajstić information content (AvgIpc) is 3.30. The molecule has 0 aliphatic rings. The summed E-state index contributed by atoms with van der Waals surface area (Å²) in [6.07, 6.45) is 3.15. The van der Waals surface area contributed by atoms with Crippen LogP contribution in [0.4, 0.5) is 11.5 Å². The minimum atomic E-state index is 0.321. The van der Waals surface area contributed by atoms with Crippen molar-refractivity contribution in [1.82, 2.24) is 29.9 Å². The maximum atomic E-state index is 8.90. The molecule has 0 unspecified atom stereocenters. The summed E-state index contributed by atoms with van der Waals surface area (Å²) in [4.78, 5) is 8.47. The smallest absolute Gasteiger partial charge is 0.249 e. The van der Waals surface area contributed by atoms with Crippen LogP contribution in [-0.4, -0.2) is 29.9 Å². The quantitative estimate of drug-likeness (QED) is 0.448. The van der Waals surface area contributed by atoms with E-state index in [4.69, 9.17) is 21.6 Å². The number of rotatable bonds is 4. The van der Waals surface area contributed by atoms with E-state index in [0.717, 1.165) is 22.2 Å². The van der Waals surface area contributed by atoms with E-state index in [1.807, 2.05) is 24.3 Å². The lowest BCUT2D eigenvalue weighted by Gasteiger charge is -2.06. The molecule has 30 heavy (non-hydrogen) atoms. The molecule has 2 N–H and O–H groups in total. The summed E-state index contributed by atoms with van der Waals surface area (Å²) in [5.41, 5.74) is 3.51. The molecule has 0 bridgehead atoms. The second kappa shape index (κ2) is 7.02. The number of benzene rings is 1. The number of hydrogen-bond donors (Lipinski definition) is 2. The fourth-order valence-electron chi connectivity index (χ4n) is 3.13. The number of halogens is 1. The first-order valence-electron chi connectivity index (χ1n) is 8.89. The Morgan fingerprint density at radius 3 is 2.93 bits per heavy atom. The van der Waals surface area contributed by atoms with Gasteiger partial charge in [-0.2, -0.15) is 10.4 Å². The molecule has 4 heterocycles. The summed E-state index contributed by atoms with van der Waals surface area (Å²) in [6, 6.07) is 12.7. The van der Waals surface area contributed by atoms with Crippen LogP contribution in [0.5, 0.6) is 11.8 Å². The van der Waals surface area contributed by atoms with Gasteiger partial charge in [-0.05, 0) is 30.3 Å².